The second-order valence-electron chi connectivity index (χ2n) is 8.47. The van der Waals surface area contributed by atoms with Crippen LogP contribution in [0.3, 0.4) is 0 Å². The van der Waals surface area contributed by atoms with Gasteiger partial charge < -0.3 is 19.3 Å². The van der Waals surface area contributed by atoms with E-state index in [1.165, 1.54) is 5.56 Å². The van der Waals surface area contributed by atoms with Crippen LogP contribution in [0.5, 0.6) is 17.2 Å². The molecule has 33 heavy (non-hydrogen) atoms. The fourth-order valence-electron chi connectivity index (χ4n) is 4.58. The summed E-state index contributed by atoms with van der Waals surface area (Å²) in [6, 6.07) is 23.2. The van der Waals surface area contributed by atoms with Gasteiger partial charge in [0.25, 0.3) is 0 Å². The zero-order valence-corrected chi connectivity index (χ0v) is 18.1. The van der Waals surface area contributed by atoms with E-state index in [1.807, 2.05) is 66.7 Å². The third-order valence-corrected chi connectivity index (χ3v) is 6.13. The number of nitrogens with zero attached hydrogens (tertiary/aromatic N) is 1. The Hall–Kier alpha value is -4.06. The van der Waals surface area contributed by atoms with Crippen molar-refractivity contribution in [1.82, 2.24) is 10.5 Å². The standard InChI is InChI=1S/C27H22N2O4/c1-16-12-18-13-17(10-11-22(18)31-16)25-14-19(29-33-25)15-28-27(30)26-20-6-2-4-8-23(20)32-24-9-5-3-7-21(24)26/h2-11,13-14,16,26H,12,15H2,1H3,(H,28,30). The van der Waals surface area contributed by atoms with E-state index in [2.05, 4.69) is 23.5 Å². The highest BCUT2D eigenvalue weighted by molar-refractivity contribution is 5.89. The minimum atomic E-state index is -0.448. The van der Waals surface area contributed by atoms with Crippen LogP contribution in [0.1, 0.15) is 35.2 Å². The van der Waals surface area contributed by atoms with E-state index in [9.17, 15) is 4.79 Å². The van der Waals surface area contributed by atoms with Crippen molar-refractivity contribution in [3.8, 4) is 28.6 Å². The van der Waals surface area contributed by atoms with Gasteiger partial charge >= 0.3 is 0 Å². The Morgan fingerprint density at radius 2 is 1.70 bits per heavy atom. The Bertz CT molecular complexity index is 1310. The van der Waals surface area contributed by atoms with Crippen molar-refractivity contribution in [3.05, 3.63) is 95.2 Å². The highest BCUT2D eigenvalue weighted by Crippen LogP contribution is 2.44. The van der Waals surface area contributed by atoms with Gasteiger partial charge in [-0.15, -0.1) is 0 Å². The van der Waals surface area contributed by atoms with Gasteiger partial charge in [-0.25, -0.2) is 0 Å². The number of para-hydroxylation sites is 2. The zero-order valence-electron chi connectivity index (χ0n) is 18.1. The molecule has 1 amide bonds. The Morgan fingerprint density at radius 3 is 2.45 bits per heavy atom. The number of ether oxygens (including phenoxy) is 2. The third kappa shape index (κ3) is 3.53. The maximum atomic E-state index is 13.3. The third-order valence-electron chi connectivity index (χ3n) is 6.13. The van der Waals surface area contributed by atoms with Gasteiger partial charge in [-0.2, -0.15) is 0 Å². The van der Waals surface area contributed by atoms with Crippen molar-refractivity contribution in [3.63, 3.8) is 0 Å². The van der Waals surface area contributed by atoms with E-state index in [-0.39, 0.29) is 18.6 Å². The van der Waals surface area contributed by atoms with Crippen molar-refractivity contribution in [1.29, 1.82) is 0 Å². The largest absolute Gasteiger partial charge is 0.490 e. The van der Waals surface area contributed by atoms with Crippen LogP contribution in [0.2, 0.25) is 0 Å². The van der Waals surface area contributed by atoms with E-state index < -0.39 is 5.92 Å². The molecule has 6 heteroatoms. The van der Waals surface area contributed by atoms with Crippen LogP contribution in [0.15, 0.2) is 77.3 Å². The summed E-state index contributed by atoms with van der Waals surface area (Å²) in [6.07, 6.45) is 1.07. The van der Waals surface area contributed by atoms with E-state index in [0.29, 0.717) is 23.0 Å². The van der Waals surface area contributed by atoms with Crippen molar-refractivity contribution >= 4 is 5.91 Å². The van der Waals surface area contributed by atoms with Gasteiger partial charge in [-0.05, 0) is 42.8 Å². The molecule has 3 heterocycles. The summed E-state index contributed by atoms with van der Waals surface area (Å²) >= 11 is 0. The fraction of sp³-hybridized carbons (Fsp3) is 0.185. The minimum absolute atomic E-state index is 0.105. The van der Waals surface area contributed by atoms with E-state index >= 15 is 0 Å². The summed E-state index contributed by atoms with van der Waals surface area (Å²) in [4.78, 5) is 13.3. The first kappa shape index (κ1) is 19.6. The number of hydrogen-bond donors (Lipinski definition) is 1. The zero-order chi connectivity index (χ0) is 22.4. The first-order valence-electron chi connectivity index (χ1n) is 11.0. The molecule has 0 bridgehead atoms. The van der Waals surface area contributed by atoms with Crippen molar-refractivity contribution in [2.45, 2.75) is 31.9 Å². The van der Waals surface area contributed by atoms with E-state index in [1.54, 1.807) is 0 Å². The number of rotatable bonds is 4. The molecule has 0 spiro atoms. The number of aromatic nitrogens is 1. The van der Waals surface area contributed by atoms with Crippen LogP contribution in [0.4, 0.5) is 0 Å². The Labute approximate surface area is 191 Å². The lowest BCUT2D eigenvalue weighted by molar-refractivity contribution is -0.122. The number of nitrogens with one attached hydrogen (secondary N) is 1. The summed E-state index contributed by atoms with van der Waals surface area (Å²) in [5.41, 5.74) is 4.48. The Morgan fingerprint density at radius 1 is 0.970 bits per heavy atom. The predicted octanol–water partition coefficient (Wildman–Crippen LogP) is 5.22. The molecule has 3 aromatic carbocycles. The fourth-order valence-corrected chi connectivity index (χ4v) is 4.58. The molecule has 4 aromatic rings. The molecule has 1 unspecified atom stereocenters. The van der Waals surface area contributed by atoms with Crippen LogP contribution in [-0.2, 0) is 17.8 Å². The van der Waals surface area contributed by atoms with Crippen molar-refractivity contribution in [2.75, 3.05) is 0 Å². The van der Waals surface area contributed by atoms with Gasteiger partial charge in [0.05, 0.1) is 12.5 Å². The molecule has 0 saturated carbocycles. The first-order chi connectivity index (χ1) is 16.2. The maximum absolute atomic E-state index is 13.3. The molecule has 0 aliphatic carbocycles. The summed E-state index contributed by atoms with van der Waals surface area (Å²) in [7, 11) is 0. The minimum Gasteiger partial charge on any atom is -0.490 e. The number of benzene rings is 3. The molecule has 2 aliphatic heterocycles. The molecule has 6 nitrogen and oxygen atoms in total. The Kier molecular flexibility index (Phi) is 4.64. The first-order valence-corrected chi connectivity index (χ1v) is 11.0. The molecule has 0 fully saturated rings. The topological polar surface area (TPSA) is 73.6 Å². The molecular formula is C27H22N2O4. The Balaban J connectivity index is 1.21. The van der Waals surface area contributed by atoms with Crippen LogP contribution in [0, 0.1) is 0 Å². The highest BCUT2D eigenvalue weighted by atomic mass is 16.5. The van der Waals surface area contributed by atoms with Gasteiger partial charge in [0, 0.05) is 29.2 Å². The van der Waals surface area contributed by atoms with E-state index in [0.717, 1.165) is 28.9 Å². The molecule has 1 atom stereocenters. The predicted molar refractivity (Wildman–Crippen MR) is 122 cm³/mol. The molecule has 1 N–H and O–H groups in total. The average molecular weight is 438 g/mol. The number of carbonyl (C=O) groups is 1. The van der Waals surface area contributed by atoms with Gasteiger partial charge in [0.1, 0.15) is 29.0 Å². The lowest BCUT2D eigenvalue weighted by atomic mass is 9.87. The van der Waals surface area contributed by atoms with Gasteiger partial charge in [-0.1, -0.05) is 41.6 Å². The monoisotopic (exact) mass is 438 g/mol. The summed E-state index contributed by atoms with van der Waals surface area (Å²) in [6.45, 7) is 2.33. The summed E-state index contributed by atoms with van der Waals surface area (Å²) in [5.74, 6) is 2.45. The van der Waals surface area contributed by atoms with Crippen LogP contribution in [0.25, 0.3) is 11.3 Å². The molecule has 2 aliphatic rings. The van der Waals surface area contributed by atoms with Gasteiger partial charge in [-0.3, -0.25) is 4.79 Å². The van der Waals surface area contributed by atoms with Gasteiger partial charge in [0.15, 0.2) is 5.76 Å². The average Bonchev–Trinajstić information content (AvgIpc) is 3.46. The normalized spacial score (nSPS) is 16.2. The van der Waals surface area contributed by atoms with Crippen LogP contribution >= 0.6 is 0 Å². The SMILES string of the molecule is CC1Cc2cc(-c3cc(CNC(=O)C4c5ccccc5Oc5ccccc54)no3)ccc2O1. The molecule has 164 valence electrons. The van der Waals surface area contributed by atoms with E-state index in [4.69, 9.17) is 14.0 Å². The van der Waals surface area contributed by atoms with Crippen LogP contribution in [-0.4, -0.2) is 17.2 Å². The summed E-state index contributed by atoms with van der Waals surface area (Å²) in [5, 5.41) is 7.19. The van der Waals surface area contributed by atoms with Crippen LogP contribution < -0.4 is 14.8 Å². The second kappa shape index (κ2) is 7.81. The maximum Gasteiger partial charge on any atom is 0.232 e. The number of amides is 1. The lowest BCUT2D eigenvalue weighted by Crippen LogP contribution is -2.31. The smallest absolute Gasteiger partial charge is 0.232 e. The highest BCUT2D eigenvalue weighted by Gasteiger charge is 2.32. The number of hydrogen-bond acceptors (Lipinski definition) is 5. The quantitative estimate of drug-likeness (QED) is 0.473. The molecule has 0 radical (unpaired) electrons. The molecule has 6 rings (SSSR count). The number of fused-ring (bicyclic) bond motifs is 3. The molecule has 0 saturated heterocycles. The molecular weight excluding hydrogens is 416 g/mol. The van der Waals surface area contributed by atoms with Gasteiger partial charge in [0.2, 0.25) is 5.91 Å². The lowest BCUT2D eigenvalue weighted by Gasteiger charge is -2.27. The second-order valence-corrected chi connectivity index (χ2v) is 8.47. The van der Waals surface area contributed by atoms with Crippen molar-refractivity contribution < 1.29 is 18.8 Å². The summed E-state index contributed by atoms with van der Waals surface area (Å²) < 4.78 is 17.3. The number of carbonyl (C=O) groups excluding carboxylic acids is 1. The van der Waals surface area contributed by atoms with Crippen molar-refractivity contribution in [2.24, 2.45) is 0 Å². The molecule has 1 aromatic heterocycles.